The van der Waals surface area contributed by atoms with Crippen LogP contribution in [0.5, 0.6) is 5.75 Å². The van der Waals surface area contributed by atoms with E-state index >= 15 is 0 Å². The lowest BCUT2D eigenvalue weighted by Gasteiger charge is -2.15. The summed E-state index contributed by atoms with van der Waals surface area (Å²) in [6, 6.07) is 12.2. The quantitative estimate of drug-likeness (QED) is 0.253. The lowest BCUT2D eigenvalue weighted by Crippen LogP contribution is -2.24. The van der Waals surface area contributed by atoms with Crippen LogP contribution in [0.2, 0.25) is 0 Å². The molecule has 206 valence electrons. The lowest BCUT2D eigenvalue weighted by molar-refractivity contribution is 0.0115. The number of nitrogens with one attached hydrogen (secondary N) is 2. The zero-order chi connectivity index (χ0) is 28.1. The predicted octanol–water partition coefficient (Wildman–Crippen LogP) is 6.22. The van der Waals surface area contributed by atoms with Gasteiger partial charge in [-0.3, -0.25) is 20.0 Å². The van der Waals surface area contributed by atoms with Crippen molar-refractivity contribution in [3.8, 4) is 39.5 Å². The predicted molar refractivity (Wildman–Crippen MR) is 149 cm³/mol. The van der Waals surface area contributed by atoms with Gasteiger partial charge in [0.15, 0.2) is 0 Å². The Morgan fingerprint density at radius 3 is 2.73 bits per heavy atom. The van der Waals surface area contributed by atoms with Crippen molar-refractivity contribution in [3.05, 3.63) is 78.6 Å². The Balaban J connectivity index is 1.25. The summed E-state index contributed by atoms with van der Waals surface area (Å²) in [5, 5.41) is 9.22. The maximum absolute atomic E-state index is 14.3. The number of H-pyrrole nitrogens is 2. The SMILES string of the molecule is COc1cc(F)cc(-c2ccnc3[nH]c(-c4n[nH]c5cnc(-c6cncc(CN7CCC(F)(F)C7)c6)cc45)cc23)c1. The van der Waals surface area contributed by atoms with Crippen molar-refractivity contribution >= 4 is 21.9 Å². The number of nitrogens with zero attached hydrogens (tertiary/aromatic N) is 5. The molecule has 0 radical (unpaired) electrons. The van der Waals surface area contributed by atoms with Crippen LogP contribution in [0.3, 0.4) is 0 Å². The summed E-state index contributed by atoms with van der Waals surface area (Å²) < 4.78 is 46.9. The minimum atomic E-state index is -2.64. The largest absolute Gasteiger partial charge is 0.497 e. The zero-order valence-electron chi connectivity index (χ0n) is 22.0. The fraction of sp³-hybridized carbons (Fsp3) is 0.200. The van der Waals surface area contributed by atoms with Crippen molar-refractivity contribution in [2.45, 2.75) is 18.9 Å². The van der Waals surface area contributed by atoms with Crippen LogP contribution in [0.1, 0.15) is 12.0 Å². The fourth-order valence-electron chi connectivity index (χ4n) is 5.44. The smallest absolute Gasteiger partial charge is 0.261 e. The van der Waals surface area contributed by atoms with Gasteiger partial charge in [-0.1, -0.05) is 0 Å². The van der Waals surface area contributed by atoms with Gasteiger partial charge in [0.05, 0.1) is 36.8 Å². The van der Waals surface area contributed by atoms with Gasteiger partial charge in [0.1, 0.15) is 22.9 Å². The Hall–Kier alpha value is -4.77. The Bertz CT molecular complexity index is 1920. The molecule has 8 nitrogen and oxygen atoms in total. The minimum absolute atomic E-state index is 0.122. The number of likely N-dealkylation sites (tertiary alicyclic amines) is 1. The molecule has 0 amide bonds. The maximum Gasteiger partial charge on any atom is 0.261 e. The van der Waals surface area contributed by atoms with Gasteiger partial charge in [0, 0.05) is 60.5 Å². The van der Waals surface area contributed by atoms with E-state index in [1.54, 1.807) is 35.8 Å². The summed E-state index contributed by atoms with van der Waals surface area (Å²) in [6.07, 6.45) is 6.67. The molecule has 1 aliphatic rings. The Morgan fingerprint density at radius 1 is 1.00 bits per heavy atom. The number of hydrogen-bond acceptors (Lipinski definition) is 6. The van der Waals surface area contributed by atoms with Gasteiger partial charge in [0.2, 0.25) is 0 Å². The van der Waals surface area contributed by atoms with Gasteiger partial charge in [-0.2, -0.15) is 5.10 Å². The van der Waals surface area contributed by atoms with Crippen LogP contribution < -0.4 is 4.74 Å². The minimum Gasteiger partial charge on any atom is -0.497 e. The molecular formula is C30H24F3N7O. The van der Waals surface area contributed by atoms with Crippen LogP contribution in [0.15, 0.2) is 67.3 Å². The molecule has 6 aromatic rings. The first kappa shape index (κ1) is 25.2. The number of alkyl halides is 2. The number of rotatable bonds is 6. The van der Waals surface area contributed by atoms with Gasteiger partial charge in [-0.05, 0) is 53.1 Å². The number of pyridine rings is 3. The summed E-state index contributed by atoms with van der Waals surface area (Å²) in [5.41, 5.74) is 6.56. The molecule has 1 fully saturated rings. The van der Waals surface area contributed by atoms with Gasteiger partial charge in [-0.15, -0.1) is 0 Å². The average Bonchev–Trinajstić information content (AvgIpc) is 3.68. The molecule has 0 aliphatic carbocycles. The van der Waals surface area contributed by atoms with Crippen molar-refractivity contribution in [2.75, 3.05) is 20.2 Å². The summed E-state index contributed by atoms with van der Waals surface area (Å²) in [6.45, 7) is 0.512. The highest BCUT2D eigenvalue weighted by Crippen LogP contribution is 2.35. The van der Waals surface area contributed by atoms with E-state index in [0.29, 0.717) is 41.4 Å². The van der Waals surface area contributed by atoms with Crippen LogP contribution >= 0.6 is 0 Å². The van der Waals surface area contributed by atoms with E-state index in [9.17, 15) is 13.2 Å². The van der Waals surface area contributed by atoms with E-state index in [1.165, 1.54) is 19.2 Å². The van der Waals surface area contributed by atoms with E-state index in [4.69, 9.17) is 4.74 Å². The lowest BCUT2D eigenvalue weighted by atomic mass is 10.0. The number of ether oxygens (including phenoxy) is 1. The average molecular weight is 556 g/mol. The molecular weight excluding hydrogens is 531 g/mol. The number of methoxy groups -OCH3 is 1. The Morgan fingerprint density at radius 2 is 1.90 bits per heavy atom. The molecule has 7 rings (SSSR count). The number of benzene rings is 1. The first-order valence-corrected chi connectivity index (χ1v) is 13.1. The van der Waals surface area contributed by atoms with Crippen molar-refractivity contribution in [2.24, 2.45) is 0 Å². The molecule has 1 aliphatic heterocycles. The van der Waals surface area contributed by atoms with E-state index in [0.717, 1.165) is 38.7 Å². The van der Waals surface area contributed by atoms with Crippen molar-refractivity contribution < 1.29 is 17.9 Å². The second-order valence-electron chi connectivity index (χ2n) is 10.3. The van der Waals surface area contributed by atoms with E-state index in [2.05, 4.69) is 30.1 Å². The summed E-state index contributed by atoms with van der Waals surface area (Å²) in [7, 11) is 1.50. The van der Waals surface area contributed by atoms with Gasteiger partial charge >= 0.3 is 0 Å². The summed E-state index contributed by atoms with van der Waals surface area (Å²) >= 11 is 0. The number of halogens is 3. The maximum atomic E-state index is 14.3. The van der Waals surface area contributed by atoms with E-state index in [1.807, 2.05) is 24.3 Å². The number of aromatic amines is 2. The molecule has 11 heteroatoms. The Kier molecular flexibility index (Phi) is 5.97. The number of aromatic nitrogens is 6. The van der Waals surface area contributed by atoms with Crippen LogP contribution in [-0.2, 0) is 6.54 Å². The molecule has 1 aromatic carbocycles. The third-order valence-electron chi connectivity index (χ3n) is 7.40. The molecule has 6 heterocycles. The second kappa shape index (κ2) is 9.70. The topological polar surface area (TPSA) is 95.6 Å². The van der Waals surface area contributed by atoms with E-state index in [-0.39, 0.29) is 13.0 Å². The van der Waals surface area contributed by atoms with Gasteiger partial charge in [-0.25, -0.2) is 18.2 Å². The molecule has 2 N–H and O–H groups in total. The normalized spacial score (nSPS) is 15.2. The molecule has 0 unspecified atom stereocenters. The summed E-state index contributed by atoms with van der Waals surface area (Å²) in [5.74, 6) is -2.61. The van der Waals surface area contributed by atoms with Gasteiger partial charge in [0.25, 0.3) is 5.92 Å². The highest BCUT2D eigenvalue weighted by atomic mass is 19.3. The van der Waals surface area contributed by atoms with Crippen molar-refractivity contribution in [3.63, 3.8) is 0 Å². The first-order valence-electron chi connectivity index (χ1n) is 13.1. The van der Waals surface area contributed by atoms with Crippen LogP contribution in [0, 0.1) is 5.82 Å². The molecule has 0 atom stereocenters. The van der Waals surface area contributed by atoms with Gasteiger partial charge < -0.3 is 9.72 Å². The van der Waals surface area contributed by atoms with E-state index < -0.39 is 11.7 Å². The standard InChI is InChI=1S/C30H24F3N7O/c1-41-21-8-18(7-20(31)9-21)22-2-4-35-29-23(22)10-26(37-29)28-24-11-25(36-14-27(24)38-39-28)19-6-17(12-34-13-19)15-40-5-3-30(32,33)16-40/h2,4,6-14H,3,5,15-16H2,1H3,(H,35,37)(H,38,39). The number of fused-ring (bicyclic) bond motifs is 2. The molecule has 1 saturated heterocycles. The highest BCUT2D eigenvalue weighted by molar-refractivity contribution is 6.00. The Labute approximate surface area is 232 Å². The van der Waals surface area contributed by atoms with Crippen LogP contribution in [0.25, 0.3) is 55.7 Å². The molecule has 41 heavy (non-hydrogen) atoms. The van der Waals surface area contributed by atoms with Crippen molar-refractivity contribution in [1.82, 2.24) is 35.0 Å². The fourth-order valence-corrected chi connectivity index (χ4v) is 5.44. The monoisotopic (exact) mass is 555 g/mol. The second-order valence-corrected chi connectivity index (χ2v) is 10.3. The molecule has 5 aromatic heterocycles. The first-order chi connectivity index (χ1) is 19.8. The molecule has 0 saturated carbocycles. The van der Waals surface area contributed by atoms with Crippen molar-refractivity contribution in [1.29, 1.82) is 0 Å². The zero-order valence-corrected chi connectivity index (χ0v) is 22.0. The summed E-state index contributed by atoms with van der Waals surface area (Å²) in [4.78, 5) is 18.5. The third-order valence-corrected chi connectivity index (χ3v) is 7.40. The third kappa shape index (κ3) is 4.78. The van der Waals surface area contributed by atoms with Crippen LogP contribution in [0.4, 0.5) is 13.2 Å². The molecule has 0 spiro atoms. The number of hydrogen-bond donors (Lipinski definition) is 2. The highest BCUT2D eigenvalue weighted by Gasteiger charge is 2.37. The van der Waals surface area contributed by atoms with Crippen LogP contribution in [-0.4, -0.2) is 61.2 Å². The molecule has 0 bridgehead atoms.